The molecule has 0 spiro atoms. The molecule has 0 aromatic carbocycles. The van der Waals surface area contributed by atoms with Crippen LogP contribution in [0.2, 0.25) is 0 Å². The van der Waals surface area contributed by atoms with Gasteiger partial charge in [-0.05, 0) is 49.3 Å². The van der Waals surface area contributed by atoms with Crippen LogP contribution in [0, 0.1) is 5.92 Å². The van der Waals surface area contributed by atoms with E-state index < -0.39 is 11.7 Å². The molecule has 4 heterocycles. The third-order valence-corrected chi connectivity index (χ3v) is 6.77. The number of halogens is 3. The first kappa shape index (κ1) is 22.6. The number of carbonyl (C=O) groups excluding carboxylic acids is 2. The number of amides is 2. The van der Waals surface area contributed by atoms with Gasteiger partial charge in [-0.15, -0.1) is 0 Å². The number of nitrogens with zero attached hydrogens (tertiary/aromatic N) is 3. The Bertz CT molecular complexity index is 943. The van der Waals surface area contributed by atoms with Crippen LogP contribution in [-0.4, -0.2) is 53.9 Å². The predicted molar refractivity (Wildman–Crippen MR) is 116 cm³/mol. The van der Waals surface area contributed by atoms with Gasteiger partial charge in [-0.25, -0.2) is 4.98 Å². The number of aromatic nitrogens is 1. The van der Waals surface area contributed by atoms with Crippen molar-refractivity contribution in [3.8, 4) is 0 Å². The number of pyridine rings is 1. The Labute approximate surface area is 188 Å². The SMILES string of the molecule is O=C(NC1CCN(C(=O)C2CCCN(c3ncccc3C(F)(F)F)C2)CC1)c1ccsc1. The standard InChI is InChI=1S/C22H25F3N4O2S/c23-22(24,25)18-4-1-8-26-19(18)29-9-2-3-15(13-29)21(31)28-10-5-17(6-11-28)27-20(30)16-7-12-32-14-16/h1,4,7-8,12,14-15,17H,2-3,5-6,9-11,13H2,(H,27,30). The molecule has 2 amide bonds. The highest BCUT2D eigenvalue weighted by atomic mass is 32.1. The van der Waals surface area contributed by atoms with Crippen LogP contribution in [0.1, 0.15) is 41.6 Å². The Balaban J connectivity index is 1.34. The number of hydrogen-bond donors (Lipinski definition) is 1. The number of alkyl halides is 3. The number of likely N-dealkylation sites (tertiary alicyclic amines) is 1. The fourth-order valence-electron chi connectivity index (χ4n) is 4.41. The second-order valence-electron chi connectivity index (χ2n) is 8.24. The topological polar surface area (TPSA) is 65.5 Å². The maximum atomic E-state index is 13.4. The van der Waals surface area contributed by atoms with Crippen molar-refractivity contribution in [2.45, 2.75) is 37.9 Å². The summed E-state index contributed by atoms with van der Waals surface area (Å²) in [6.45, 7) is 1.73. The van der Waals surface area contributed by atoms with E-state index in [0.29, 0.717) is 50.9 Å². The molecule has 2 aromatic heterocycles. The van der Waals surface area contributed by atoms with Crippen molar-refractivity contribution in [1.29, 1.82) is 0 Å². The number of carbonyl (C=O) groups is 2. The molecule has 6 nitrogen and oxygen atoms in total. The van der Waals surface area contributed by atoms with Crippen molar-refractivity contribution >= 4 is 29.0 Å². The van der Waals surface area contributed by atoms with E-state index in [9.17, 15) is 22.8 Å². The van der Waals surface area contributed by atoms with Crippen LogP contribution in [0.4, 0.5) is 19.0 Å². The lowest BCUT2D eigenvalue weighted by Gasteiger charge is -2.38. The van der Waals surface area contributed by atoms with E-state index in [2.05, 4.69) is 10.3 Å². The van der Waals surface area contributed by atoms with Gasteiger partial charge in [0.25, 0.3) is 5.91 Å². The molecular formula is C22H25F3N4O2S. The van der Waals surface area contributed by atoms with Gasteiger partial charge in [0.05, 0.1) is 11.5 Å². The Morgan fingerprint density at radius 3 is 2.59 bits per heavy atom. The fourth-order valence-corrected chi connectivity index (χ4v) is 5.04. The van der Waals surface area contributed by atoms with E-state index in [1.165, 1.54) is 23.6 Å². The predicted octanol–water partition coefficient (Wildman–Crippen LogP) is 3.80. The monoisotopic (exact) mass is 466 g/mol. The van der Waals surface area contributed by atoms with E-state index in [0.717, 1.165) is 6.07 Å². The molecule has 2 saturated heterocycles. The highest BCUT2D eigenvalue weighted by molar-refractivity contribution is 7.08. The van der Waals surface area contributed by atoms with Crippen molar-refractivity contribution in [3.05, 3.63) is 46.3 Å². The summed E-state index contributed by atoms with van der Waals surface area (Å²) in [5.41, 5.74) is -0.126. The lowest BCUT2D eigenvalue weighted by Crippen LogP contribution is -2.50. The molecule has 0 aliphatic carbocycles. The molecule has 10 heteroatoms. The second kappa shape index (κ2) is 9.48. The largest absolute Gasteiger partial charge is 0.419 e. The molecular weight excluding hydrogens is 441 g/mol. The van der Waals surface area contributed by atoms with Gasteiger partial charge in [-0.1, -0.05) is 0 Å². The molecule has 0 radical (unpaired) electrons. The highest BCUT2D eigenvalue weighted by Gasteiger charge is 2.38. The summed E-state index contributed by atoms with van der Waals surface area (Å²) in [5.74, 6) is -0.590. The molecule has 1 N–H and O–H groups in total. The van der Waals surface area contributed by atoms with Gasteiger partial charge in [0.1, 0.15) is 5.82 Å². The van der Waals surface area contributed by atoms with E-state index in [4.69, 9.17) is 0 Å². The Hall–Kier alpha value is -2.62. The maximum absolute atomic E-state index is 13.4. The molecule has 4 rings (SSSR count). The molecule has 2 aliphatic rings. The molecule has 2 aliphatic heterocycles. The summed E-state index contributed by atoms with van der Waals surface area (Å²) in [5, 5.41) is 6.67. The van der Waals surface area contributed by atoms with E-state index in [1.54, 1.807) is 21.2 Å². The molecule has 172 valence electrons. The van der Waals surface area contributed by atoms with Gasteiger partial charge in [0.15, 0.2) is 0 Å². The number of hydrogen-bond acceptors (Lipinski definition) is 5. The normalized spacial score (nSPS) is 20.3. The van der Waals surface area contributed by atoms with Gasteiger partial charge in [0.2, 0.25) is 5.91 Å². The minimum atomic E-state index is -4.49. The summed E-state index contributed by atoms with van der Waals surface area (Å²) in [6, 6.07) is 4.10. The van der Waals surface area contributed by atoms with Crippen LogP contribution in [0.15, 0.2) is 35.2 Å². The molecule has 0 saturated carbocycles. The van der Waals surface area contributed by atoms with Crippen molar-refractivity contribution in [3.63, 3.8) is 0 Å². The lowest BCUT2D eigenvalue weighted by atomic mass is 9.94. The van der Waals surface area contributed by atoms with Crippen molar-refractivity contribution in [1.82, 2.24) is 15.2 Å². The highest BCUT2D eigenvalue weighted by Crippen LogP contribution is 2.36. The van der Waals surface area contributed by atoms with Gasteiger partial charge in [-0.2, -0.15) is 24.5 Å². The first-order chi connectivity index (χ1) is 15.3. The molecule has 0 bridgehead atoms. The van der Waals surface area contributed by atoms with E-state index in [-0.39, 0.29) is 36.1 Å². The van der Waals surface area contributed by atoms with Gasteiger partial charge in [0, 0.05) is 49.4 Å². The number of anilines is 1. The van der Waals surface area contributed by atoms with Crippen LogP contribution < -0.4 is 10.2 Å². The summed E-state index contributed by atoms with van der Waals surface area (Å²) >= 11 is 1.47. The average Bonchev–Trinajstić information content (AvgIpc) is 3.34. The zero-order valence-corrected chi connectivity index (χ0v) is 18.3. The Morgan fingerprint density at radius 1 is 1.12 bits per heavy atom. The molecule has 32 heavy (non-hydrogen) atoms. The number of thiophene rings is 1. The zero-order chi connectivity index (χ0) is 22.7. The quantitative estimate of drug-likeness (QED) is 0.745. The van der Waals surface area contributed by atoms with Gasteiger partial charge in [-0.3, -0.25) is 9.59 Å². The lowest BCUT2D eigenvalue weighted by molar-refractivity contribution is -0.137. The van der Waals surface area contributed by atoms with Gasteiger partial charge < -0.3 is 15.1 Å². The first-order valence-electron chi connectivity index (χ1n) is 10.7. The third-order valence-electron chi connectivity index (χ3n) is 6.09. The first-order valence-corrected chi connectivity index (χ1v) is 11.7. The Morgan fingerprint density at radius 2 is 1.91 bits per heavy atom. The minimum absolute atomic E-state index is 0.0113. The van der Waals surface area contributed by atoms with Crippen LogP contribution >= 0.6 is 11.3 Å². The van der Waals surface area contributed by atoms with Crippen LogP contribution in [0.3, 0.4) is 0 Å². The van der Waals surface area contributed by atoms with Crippen molar-refractivity contribution < 1.29 is 22.8 Å². The summed E-state index contributed by atoms with van der Waals surface area (Å²) in [4.78, 5) is 32.7. The number of rotatable bonds is 4. The van der Waals surface area contributed by atoms with Crippen LogP contribution in [-0.2, 0) is 11.0 Å². The average molecular weight is 467 g/mol. The summed E-state index contributed by atoms with van der Waals surface area (Å²) in [6.07, 6.45) is -0.524. The van der Waals surface area contributed by atoms with Gasteiger partial charge >= 0.3 is 6.18 Å². The molecule has 1 unspecified atom stereocenters. The molecule has 2 fully saturated rings. The fraction of sp³-hybridized carbons (Fsp3) is 0.500. The summed E-state index contributed by atoms with van der Waals surface area (Å²) in [7, 11) is 0. The smallest absolute Gasteiger partial charge is 0.355 e. The second-order valence-corrected chi connectivity index (χ2v) is 9.02. The number of piperidine rings is 2. The van der Waals surface area contributed by atoms with Crippen molar-refractivity contribution in [2.75, 3.05) is 31.1 Å². The minimum Gasteiger partial charge on any atom is -0.355 e. The summed E-state index contributed by atoms with van der Waals surface area (Å²) < 4.78 is 40.2. The Kier molecular flexibility index (Phi) is 6.68. The van der Waals surface area contributed by atoms with E-state index in [1.807, 2.05) is 5.38 Å². The van der Waals surface area contributed by atoms with Crippen LogP contribution in [0.25, 0.3) is 0 Å². The molecule has 2 aromatic rings. The third kappa shape index (κ3) is 5.06. The number of nitrogens with one attached hydrogen (secondary N) is 1. The van der Waals surface area contributed by atoms with Crippen LogP contribution in [0.5, 0.6) is 0 Å². The van der Waals surface area contributed by atoms with E-state index >= 15 is 0 Å². The zero-order valence-electron chi connectivity index (χ0n) is 17.5. The van der Waals surface area contributed by atoms with Crippen molar-refractivity contribution in [2.24, 2.45) is 5.92 Å². The maximum Gasteiger partial charge on any atom is 0.419 e. The molecule has 1 atom stereocenters.